The summed E-state index contributed by atoms with van der Waals surface area (Å²) >= 11 is 0. The lowest BCUT2D eigenvalue weighted by Gasteiger charge is -2.14. The Labute approximate surface area is 146 Å². The van der Waals surface area contributed by atoms with Gasteiger partial charge in [0.1, 0.15) is 0 Å². The number of benzene rings is 1. The number of H-pyrrole nitrogens is 1. The number of esters is 1. The first-order chi connectivity index (χ1) is 11.6. The second-order valence-corrected chi connectivity index (χ2v) is 6.13. The number of nitrogens with two attached hydrogens (primary N) is 1. The molecule has 6 heteroatoms. The minimum absolute atomic E-state index is 0.123. The summed E-state index contributed by atoms with van der Waals surface area (Å²) in [5, 5.41) is 0. The fourth-order valence-electron chi connectivity index (χ4n) is 2.86. The zero-order valence-electron chi connectivity index (χ0n) is 15.0. The number of aryl methyl sites for hydroxylation is 2. The number of nitrogen functional groups attached to an aromatic ring is 1. The van der Waals surface area contributed by atoms with E-state index in [9.17, 15) is 14.4 Å². The zero-order valence-corrected chi connectivity index (χ0v) is 15.0. The van der Waals surface area contributed by atoms with Crippen LogP contribution in [0.1, 0.15) is 61.9 Å². The van der Waals surface area contributed by atoms with Crippen LogP contribution in [-0.2, 0) is 4.74 Å². The number of hydrogen-bond donors (Lipinski definition) is 2. The van der Waals surface area contributed by atoms with E-state index in [1.165, 1.54) is 13.8 Å². The van der Waals surface area contributed by atoms with Crippen LogP contribution >= 0.6 is 0 Å². The van der Waals surface area contributed by atoms with Crippen LogP contribution in [0.4, 0.5) is 5.69 Å². The summed E-state index contributed by atoms with van der Waals surface area (Å²) in [6.45, 7) is 8.15. The van der Waals surface area contributed by atoms with E-state index in [1.54, 1.807) is 39.0 Å². The number of anilines is 1. The molecule has 0 radical (unpaired) electrons. The van der Waals surface area contributed by atoms with E-state index in [1.807, 2.05) is 0 Å². The van der Waals surface area contributed by atoms with Crippen LogP contribution in [0.15, 0.2) is 18.2 Å². The maximum Gasteiger partial charge on any atom is 0.340 e. The summed E-state index contributed by atoms with van der Waals surface area (Å²) in [4.78, 5) is 39.5. The predicted molar refractivity (Wildman–Crippen MR) is 95.1 cm³/mol. The molecule has 0 amide bonds. The van der Waals surface area contributed by atoms with Gasteiger partial charge in [0, 0.05) is 16.9 Å². The van der Waals surface area contributed by atoms with Crippen LogP contribution in [0.25, 0.3) is 0 Å². The van der Waals surface area contributed by atoms with Gasteiger partial charge in [0.15, 0.2) is 11.9 Å². The predicted octanol–water partition coefficient (Wildman–Crippen LogP) is 3.15. The molecule has 1 atom stereocenters. The molecule has 0 aliphatic rings. The Hall–Kier alpha value is -2.89. The molecule has 0 fully saturated rings. The highest BCUT2D eigenvalue weighted by atomic mass is 16.5. The molecule has 25 heavy (non-hydrogen) atoms. The first kappa shape index (κ1) is 18.4. The Balaban J connectivity index is 2.24. The highest BCUT2D eigenvalue weighted by Crippen LogP contribution is 2.22. The first-order valence-corrected chi connectivity index (χ1v) is 7.95. The molecule has 6 nitrogen and oxygen atoms in total. The SMILES string of the molecule is CC(=O)c1c(C)[nH]c(C(=O)C(C)OC(=O)c2cccc(C)c2N)c1C. The van der Waals surface area contributed by atoms with E-state index in [0.29, 0.717) is 22.5 Å². The van der Waals surface area contributed by atoms with Gasteiger partial charge in [-0.15, -0.1) is 0 Å². The fraction of sp³-hybridized carbons (Fsp3) is 0.316. The van der Waals surface area contributed by atoms with Gasteiger partial charge < -0.3 is 15.5 Å². The summed E-state index contributed by atoms with van der Waals surface area (Å²) in [5.41, 5.74) is 9.17. The highest BCUT2D eigenvalue weighted by molar-refractivity contribution is 6.06. The molecular formula is C19H22N2O4. The fourth-order valence-corrected chi connectivity index (χ4v) is 2.86. The van der Waals surface area contributed by atoms with Gasteiger partial charge in [0.05, 0.1) is 11.3 Å². The van der Waals surface area contributed by atoms with Crippen LogP contribution < -0.4 is 5.73 Å². The van der Waals surface area contributed by atoms with Crippen molar-refractivity contribution in [1.82, 2.24) is 4.98 Å². The molecule has 0 bridgehead atoms. The van der Waals surface area contributed by atoms with Crippen LogP contribution in [-0.4, -0.2) is 28.6 Å². The Morgan fingerprint density at radius 3 is 2.36 bits per heavy atom. The quantitative estimate of drug-likeness (QED) is 0.494. The molecule has 0 saturated carbocycles. The van der Waals surface area contributed by atoms with Crippen LogP contribution in [0.5, 0.6) is 0 Å². The van der Waals surface area contributed by atoms with Crippen molar-refractivity contribution in [2.45, 2.75) is 40.7 Å². The molecule has 1 aromatic carbocycles. The lowest BCUT2D eigenvalue weighted by molar-refractivity contribution is 0.0318. The maximum atomic E-state index is 12.6. The molecule has 0 aliphatic carbocycles. The largest absolute Gasteiger partial charge is 0.451 e. The summed E-state index contributed by atoms with van der Waals surface area (Å²) in [6.07, 6.45) is -1.01. The number of ether oxygens (including phenoxy) is 1. The van der Waals surface area contributed by atoms with Crippen LogP contribution in [0, 0.1) is 20.8 Å². The number of para-hydroxylation sites is 1. The third kappa shape index (κ3) is 3.47. The molecule has 2 aromatic rings. The summed E-state index contributed by atoms with van der Waals surface area (Å²) in [6, 6.07) is 5.04. The van der Waals surface area contributed by atoms with E-state index < -0.39 is 17.9 Å². The van der Waals surface area contributed by atoms with Gasteiger partial charge in [-0.2, -0.15) is 0 Å². The summed E-state index contributed by atoms with van der Waals surface area (Å²) < 4.78 is 5.28. The average molecular weight is 342 g/mol. The van der Waals surface area contributed by atoms with E-state index in [4.69, 9.17) is 10.5 Å². The standard InChI is InChI=1S/C19H22N2O4/c1-9-7-6-8-14(16(9)20)19(24)25-13(5)18(23)17-10(2)15(12(4)22)11(3)21-17/h6-8,13,21H,20H2,1-5H3. The number of rotatable bonds is 5. The van der Waals surface area contributed by atoms with Crippen LogP contribution in [0.2, 0.25) is 0 Å². The summed E-state index contributed by atoms with van der Waals surface area (Å²) in [5.74, 6) is -1.18. The lowest BCUT2D eigenvalue weighted by Crippen LogP contribution is -2.26. The first-order valence-electron chi connectivity index (χ1n) is 7.95. The zero-order chi connectivity index (χ0) is 18.9. The van der Waals surface area contributed by atoms with Crippen molar-refractivity contribution in [2.24, 2.45) is 0 Å². The smallest absolute Gasteiger partial charge is 0.340 e. The van der Waals surface area contributed by atoms with E-state index in [-0.39, 0.29) is 17.0 Å². The van der Waals surface area contributed by atoms with Gasteiger partial charge in [-0.3, -0.25) is 9.59 Å². The Bertz CT molecular complexity index is 865. The van der Waals surface area contributed by atoms with Gasteiger partial charge in [-0.05, 0) is 51.8 Å². The van der Waals surface area contributed by atoms with E-state index in [2.05, 4.69) is 4.98 Å². The van der Waals surface area contributed by atoms with Gasteiger partial charge in [0.25, 0.3) is 0 Å². The maximum absolute atomic E-state index is 12.6. The number of carbonyl (C=O) groups excluding carboxylic acids is 3. The molecule has 3 N–H and O–H groups in total. The Morgan fingerprint density at radius 1 is 1.16 bits per heavy atom. The number of nitrogens with one attached hydrogen (secondary N) is 1. The normalized spacial score (nSPS) is 11.9. The molecule has 1 unspecified atom stereocenters. The molecule has 2 rings (SSSR count). The minimum atomic E-state index is -1.01. The molecule has 0 aliphatic heterocycles. The average Bonchev–Trinajstić information content (AvgIpc) is 2.83. The van der Waals surface area contributed by atoms with Crippen molar-refractivity contribution in [2.75, 3.05) is 5.73 Å². The third-order valence-corrected chi connectivity index (χ3v) is 4.23. The Morgan fingerprint density at radius 2 is 1.80 bits per heavy atom. The van der Waals surface area contributed by atoms with Gasteiger partial charge in [-0.1, -0.05) is 12.1 Å². The number of Topliss-reactive ketones (excluding diaryl/α,β-unsaturated/α-hetero) is 2. The second-order valence-electron chi connectivity index (χ2n) is 6.13. The molecule has 132 valence electrons. The van der Waals surface area contributed by atoms with Gasteiger partial charge in [-0.25, -0.2) is 4.79 Å². The van der Waals surface area contributed by atoms with Gasteiger partial charge >= 0.3 is 5.97 Å². The molecular weight excluding hydrogens is 320 g/mol. The third-order valence-electron chi connectivity index (χ3n) is 4.23. The number of aromatic amines is 1. The monoisotopic (exact) mass is 342 g/mol. The number of carbonyl (C=O) groups is 3. The van der Waals surface area contributed by atoms with Crippen molar-refractivity contribution in [3.05, 3.63) is 51.8 Å². The van der Waals surface area contributed by atoms with Crippen LogP contribution in [0.3, 0.4) is 0 Å². The number of aromatic nitrogens is 1. The number of hydrogen-bond acceptors (Lipinski definition) is 5. The van der Waals surface area contributed by atoms with Crippen molar-refractivity contribution in [3.63, 3.8) is 0 Å². The molecule has 1 heterocycles. The lowest BCUT2D eigenvalue weighted by atomic mass is 10.0. The summed E-state index contributed by atoms with van der Waals surface area (Å²) in [7, 11) is 0. The molecule has 1 aromatic heterocycles. The van der Waals surface area contributed by atoms with E-state index >= 15 is 0 Å². The van der Waals surface area contributed by atoms with Crippen molar-refractivity contribution in [1.29, 1.82) is 0 Å². The topological polar surface area (TPSA) is 102 Å². The Kier molecular flexibility index (Phi) is 5.11. The van der Waals surface area contributed by atoms with Crippen molar-refractivity contribution >= 4 is 23.2 Å². The van der Waals surface area contributed by atoms with Gasteiger partial charge in [0.2, 0.25) is 5.78 Å². The molecule has 0 saturated heterocycles. The highest BCUT2D eigenvalue weighted by Gasteiger charge is 2.26. The van der Waals surface area contributed by atoms with Crippen molar-refractivity contribution < 1.29 is 19.1 Å². The second kappa shape index (κ2) is 6.93. The minimum Gasteiger partial charge on any atom is -0.451 e. The van der Waals surface area contributed by atoms with E-state index in [0.717, 1.165) is 5.56 Å². The number of ketones is 2. The molecule has 0 spiro atoms. The van der Waals surface area contributed by atoms with Crippen molar-refractivity contribution in [3.8, 4) is 0 Å².